The maximum atomic E-state index is 12.1. The van der Waals surface area contributed by atoms with Crippen molar-refractivity contribution in [1.29, 1.82) is 0 Å². The summed E-state index contributed by atoms with van der Waals surface area (Å²) in [7, 11) is 0. The van der Waals surface area contributed by atoms with Crippen molar-refractivity contribution in [2.75, 3.05) is 19.6 Å². The number of hydrogen-bond acceptors (Lipinski definition) is 6. The Kier molecular flexibility index (Phi) is 5.28. The van der Waals surface area contributed by atoms with Crippen LogP contribution in [0.3, 0.4) is 0 Å². The largest absolute Gasteiger partial charge is 0.431 e. The summed E-state index contributed by atoms with van der Waals surface area (Å²) in [5, 5.41) is 11.6. The molecule has 0 radical (unpaired) electrons. The van der Waals surface area contributed by atoms with Gasteiger partial charge in [0.15, 0.2) is 0 Å². The van der Waals surface area contributed by atoms with Crippen molar-refractivity contribution in [1.82, 2.24) is 19.8 Å². The molecular formula is C25H26N4O3S. The highest BCUT2D eigenvalue weighted by molar-refractivity contribution is 7.20. The minimum atomic E-state index is -0.495. The van der Waals surface area contributed by atoms with Gasteiger partial charge in [-0.25, -0.2) is 4.98 Å². The van der Waals surface area contributed by atoms with E-state index in [1.807, 2.05) is 35.2 Å². The van der Waals surface area contributed by atoms with Crippen LogP contribution in [0.25, 0.3) is 21.1 Å². The number of aliphatic hydroxyl groups excluding tert-OH is 1. The Morgan fingerprint density at radius 3 is 2.82 bits per heavy atom. The van der Waals surface area contributed by atoms with Crippen molar-refractivity contribution in [3.63, 3.8) is 0 Å². The zero-order chi connectivity index (χ0) is 22.4. The fraction of sp³-hybridized carbons (Fsp3) is 0.360. The van der Waals surface area contributed by atoms with Crippen LogP contribution >= 0.6 is 11.3 Å². The molecule has 2 aromatic heterocycles. The summed E-state index contributed by atoms with van der Waals surface area (Å²) in [5.74, 6) is 0.870. The van der Waals surface area contributed by atoms with Gasteiger partial charge in [0.05, 0.1) is 22.7 Å². The molecule has 4 heterocycles. The lowest BCUT2D eigenvalue weighted by atomic mass is 10.0. The number of fused-ring (bicyclic) bond motifs is 2. The number of β-amino-alcohol motifs (C(OH)–C–C–N with tert-alkyl or cyclic N) is 1. The number of amides is 1. The lowest BCUT2D eigenvalue weighted by molar-refractivity contribution is -0.130. The Morgan fingerprint density at radius 2 is 2.03 bits per heavy atom. The maximum absolute atomic E-state index is 12.1. The molecule has 1 unspecified atom stereocenters. The predicted octanol–water partition coefficient (Wildman–Crippen LogP) is 4.13. The van der Waals surface area contributed by atoms with Gasteiger partial charge in [0, 0.05) is 55.4 Å². The number of carbonyl (C=O) groups excluding carboxylic acids is 1. The summed E-state index contributed by atoms with van der Waals surface area (Å²) >= 11 is 1.55. The molecule has 33 heavy (non-hydrogen) atoms. The van der Waals surface area contributed by atoms with Crippen LogP contribution in [0.2, 0.25) is 0 Å². The van der Waals surface area contributed by atoms with E-state index < -0.39 is 6.10 Å². The van der Waals surface area contributed by atoms with E-state index in [0.717, 1.165) is 54.0 Å². The SMILES string of the molecule is O=C1CC(O)CN1C1CCN(Cc2c[nH]c3cc(Oc4nc5ccccc5s4)ccc23)CC1. The maximum Gasteiger partial charge on any atom is 0.279 e. The van der Waals surface area contributed by atoms with Gasteiger partial charge < -0.3 is 19.7 Å². The lowest BCUT2D eigenvalue weighted by Gasteiger charge is -2.36. The number of aromatic nitrogens is 2. The molecule has 1 amide bonds. The number of nitrogens with one attached hydrogen (secondary N) is 1. The normalized spacial score (nSPS) is 20.3. The summed E-state index contributed by atoms with van der Waals surface area (Å²) in [4.78, 5) is 24.4. The van der Waals surface area contributed by atoms with Gasteiger partial charge >= 0.3 is 0 Å². The molecule has 2 aromatic carbocycles. The van der Waals surface area contributed by atoms with Crippen LogP contribution in [0.1, 0.15) is 24.8 Å². The molecule has 4 aromatic rings. The van der Waals surface area contributed by atoms with Crippen molar-refractivity contribution in [3.05, 3.63) is 54.2 Å². The second kappa shape index (κ2) is 8.44. The summed E-state index contributed by atoms with van der Waals surface area (Å²) < 4.78 is 7.15. The van der Waals surface area contributed by atoms with E-state index in [-0.39, 0.29) is 18.4 Å². The van der Waals surface area contributed by atoms with Crippen LogP contribution in [-0.4, -0.2) is 62.6 Å². The van der Waals surface area contributed by atoms with Gasteiger partial charge in [-0.2, -0.15) is 0 Å². The molecule has 2 aliphatic heterocycles. The summed E-state index contributed by atoms with van der Waals surface area (Å²) in [6.45, 7) is 3.28. The second-order valence-electron chi connectivity index (χ2n) is 8.98. The van der Waals surface area contributed by atoms with Crippen molar-refractivity contribution in [2.24, 2.45) is 0 Å². The molecule has 0 saturated carbocycles. The number of carbonyl (C=O) groups is 1. The Balaban J connectivity index is 1.11. The molecule has 0 bridgehead atoms. The van der Waals surface area contributed by atoms with Crippen molar-refractivity contribution >= 4 is 38.4 Å². The van der Waals surface area contributed by atoms with E-state index in [2.05, 4.69) is 33.2 Å². The standard InChI is InChI=1S/C25H26N4O3S/c30-18-11-24(31)29(15-18)17-7-9-28(10-8-17)14-16-13-26-22-12-19(5-6-20(16)22)32-25-27-21-3-1-2-4-23(21)33-25/h1-6,12-13,17-18,26,30H,7-11,14-15H2. The number of benzene rings is 2. The number of hydrogen-bond donors (Lipinski definition) is 2. The highest BCUT2D eigenvalue weighted by Crippen LogP contribution is 2.33. The van der Waals surface area contributed by atoms with E-state index in [4.69, 9.17) is 4.74 Å². The first kappa shape index (κ1) is 20.7. The fourth-order valence-electron chi connectivity index (χ4n) is 5.05. The van der Waals surface area contributed by atoms with Crippen molar-refractivity contribution in [3.8, 4) is 10.9 Å². The minimum absolute atomic E-state index is 0.0986. The van der Waals surface area contributed by atoms with Gasteiger partial charge in [-0.1, -0.05) is 23.5 Å². The molecule has 2 fully saturated rings. The molecule has 2 aliphatic rings. The molecule has 170 valence electrons. The molecule has 6 rings (SSSR count). The Hall–Kier alpha value is -2.94. The second-order valence-corrected chi connectivity index (χ2v) is 9.98. The van der Waals surface area contributed by atoms with Crippen LogP contribution in [0.15, 0.2) is 48.7 Å². The van der Waals surface area contributed by atoms with Crippen LogP contribution in [0, 0.1) is 0 Å². The first-order chi connectivity index (χ1) is 16.1. The number of aromatic amines is 1. The number of rotatable bonds is 5. The van der Waals surface area contributed by atoms with Gasteiger partial charge in [0.1, 0.15) is 5.75 Å². The average Bonchev–Trinajstić information content (AvgIpc) is 3.50. The number of aliphatic hydroxyl groups is 1. The quantitative estimate of drug-likeness (QED) is 0.466. The molecule has 2 N–H and O–H groups in total. The third-order valence-electron chi connectivity index (χ3n) is 6.75. The Labute approximate surface area is 195 Å². The topological polar surface area (TPSA) is 81.7 Å². The smallest absolute Gasteiger partial charge is 0.279 e. The number of thiazole rings is 1. The summed E-state index contributed by atoms with van der Waals surface area (Å²) in [6, 6.07) is 14.4. The first-order valence-electron chi connectivity index (χ1n) is 11.5. The van der Waals surface area contributed by atoms with Crippen LogP contribution in [-0.2, 0) is 11.3 Å². The molecule has 7 nitrogen and oxygen atoms in total. The number of nitrogens with zero attached hydrogens (tertiary/aromatic N) is 3. The van der Waals surface area contributed by atoms with E-state index >= 15 is 0 Å². The van der Waals surface area contributed by atoms with Gasteiger partial charge in [0.25, 0.3) is 5.19 Å². The lowest BCUT2D eigenvalue weighted by Crippen LogP contribution is -2.45. The number of likely N-dealkylation sites (tertiary alicyclic amines) is 2. The number of para-hydroxylation sites is 1. The van der Waals surface area contributed by atoms with Gasteiger partial charge in [-0.15, -0.1) is 0 Å². The molecule has 2 saturated heterocycles. The van der Waals surface area contributed by atoms with E-state index in [1.54, 1.807) is 11.3 Å². The summed E-state index contributed by atoms with van der Waals surface area (Å²) in [5.41, 5.74) is 3.27. The third kappa shape index (κ3) is 4.10. The molecule has 0 spiro atoms. The molecular weight excluding hydrogens is 436 g/mol. The van der Waals surface area contributed by atoms with Crippen molar-refractivity contribution < 1.29 is 14.6 Å². The molecule has 8 heteroatoms. The van der Waals surface area contributed by atoms with Crippen LogP contribution < -0.4 is 4.74 Å². The predicted molar refractivity (Wildman–Crippen MR) is 129 cm³/mol. The summed E-state index contributed by atoms with van der Waals surface area (Å²) in [6.07, 6.45) is 3.78. The van der Waals surface area contributed by atoms with Crippen LogP contribution in [0.5, 0.6) is 10.9 Å². The molecule has 0 aliphatic carbocycles. The molecule has 1 atom stereocenters. The Morgan fingerprint density at radius 1 is 1.18 bits per heavy atom. The minimum Gasteiger partial charge on any atom is -0.431 e. The van der Waals surface area contributed by atoms with Crippen molar-refractivity contribution in [2.45, 2.75) is 38.0 Å². The van der Waals surface area contributed by atoms with E-state index in [0.29, 0.717) is 11.7 Å². The zero-order valence-corrected chi connectivity index (χ0v) is 19.1. The fourth-order valence-corrected chi connectivity index (χ4v) is 5.89. The highest BCUT2D eigenvalue weighted by Gasteiger charge is 2.34. The van der Waals surface area contributed by atoms with Gasteiger partial charge in [-0.3, -0.25) is 9.69 Å². The third-order valence-corrected chi connectivity index (χ3v) is 7.66. The van der Waals surface area contributed by atoms with E-state index in [1.165, 1.54) is 10.9 Å². The van der Waals surface area contributed by atoms with Crippen LogP contribution in [0.4, 0.5) is 0 Å². The number of H-pyrrole nitrogens is 1. The highest BCUT2D eigenvalue weighted by atomic mass is 32.1. The van der Waals surface area contributed by atoms with E-state index in [9.17, 15) is 9.90 Å². The average molecular weight is 463 g/mol. The number of piperidine rings is 1. The first-order valence-corrected chi connectivity index (χ1v) is 12.3. The Bertz CT molecular complexity index is 1270. The zero-order valence-electron chi connectivity index (χ0n) is 18.2. The van der Waals surface area contributed by atoms with Gasteiger partial charge in [-0.05, 0) is 42.7 Å². The monoisotopic (exact) mass is 462 g/mol. The van der Waals surface area contributed by atoms with Gasteiger partial charge in [0.2, 0.25) is 5.91 Å². The number of ether oxygens (including phenoxy) is 1.